The lowest BCUT2D eigenvalue weighted by Gasteiger charge is -2.26. The summed E-state index contributed by atoms with van der Waals surface area (Å²) in [6, 6.07) is 2.32. The maximum Gasteiger partial charge on any atom is 0.126 e. The molecule has 2 nitrogen and oxygen atoms in total. The molecule has 0 heterocycles. The van der Waals surface area contributed by atoms with Crippen LogP contribution in [0.15, 0.2) is 10.5 Å². The lowest BCUT2D eigenvalue weighted by Crippen LogP contribution is -2.32. The van der Waals surface area contributed by atoms with Crippen LogP contribution in [0, 0.1) is 13.8 Å². The minimum Gasteiger partial charge on any atom is -0.496 e. The number of ether oxygens (including phenoxy) is 1. The van der Waals surface area contributed by atoms with E-state index in [0.717, 1.165) is 23.1 Å². The van der Waals surface area contributed by atoms with E-state index >= 15 is 0 Å². The van der Waals surface area contributed by atoms with Crippen LogP contribution in [0.1, 0.15) is 36.5 Å². The van der Waals surface area contributed by atoms with Crippen molar-refractivity contribution in [2.45, 2.75) is 45.1 Å². The highest BCUT2D eigenvalue weighted by Gasteiger charge is 2.50. The number of nitrogens with two attached hydrogens (primary N) is 1. The number of hydrogen-bond acceptors (Lipinski definition) is 2. The zero-order valence-corrected chi connectivity index (χ0v) is 12.5. The number of halogens is 1. The van der Waals surface area contributed by atoms with Gasteiger partial charge in [0.15, 0.2) is 0 Å². The Labute approximate surface area is 112 Å². The molecule has 1 aliphatic rings. The Morgan fingerprint density at radius 2 is 1.94 bits per heavy atom. The van der Waals surface area contributed by atoms with E-state index in [1.807, 2.05) is 0 Å². The number of aryl methyl sites for hydroxylation is 2. The van der Waals surface area contributed by atoms with E-state index in [2.05, 4.69) is 42.8 Å². The van der Waals surface area contributed by atoms with Gasteiger partial charge in [0, 0.05) is 21.5 Å². The second-order valence-corrected chi connectivity index (χ2v) is 5.97. The summed E-state index contributed by atoms with van der Waals surface area (Å²) in [5.41, 5.74) is 10.0. The highest BCUT2D eigenvalue weighted by molar-refractivity contribution is 9.10. The maximum atomic E-state index is 6.18. The third kappa shape index (κ3) is 1.89. The van der Waals surface area contributed by atoms with Crippen LogP contribution in [-0.4, -0.2) is 13.2 Å². The monoisotopic (exact) mass is 297 g/mol. The van der Waals surface area contributed by atoms with Gasteiger partial charge in [0.05, 0.1) is 7.11 Å². The third-order valence-electron chi connectivity index (χ3n) is 3.95. The van der Waals surface area contributed by atoms with E-state index < -0.39 is 0 Å². The van der Waals surface area contributed by atoms with Gasteiger partial charge in [-0.2, -0.15) is 0 Å². The topological polar surface area (TPSA) is 35.2 Å². The molecule has 1 atom stereocenters. The predicted octanol–water partition coefficient (Wildman–Crippen LogP) is 3.45. The highest BCUT2D eigenvalue weighted by Crippen LogP contribution is 2.56. The summed E-state index contributed by atoms with van der Waals surface area (Å²) in [4.78, 5) is 0. The van der Waals surface area contributed by atoms with Crippen LogP contribution in [0.2, 0.25) is 0 Å². The molecule has 1 aromatic rings. The van der Waals surface area contributed by atoms with Crippen molar-refractivity contribution < 1.29 is 4.74 Å². The molecule has 1 unspecified atom stereocenters. The van der Waals surface area contributed by atoms with Crippen LogP contribution < -0.4 is 10.5 Å². The molecule has 3 heteroatoms. The number of rotatable bonds is 3. The molecule has 0 aliphatic heterocycles. The van der Waals surface area contributed by atoms with Gasteiger partial charge in [0.2, 0.25) is 0 Å². The van der Waals surface area contributed by atoms with Gasteiger partial charge in [0.25, 0.3) is 0 Å². The molecule has 0 saturated heterocycles. The number of hydrogen-bond donors (Lipinski definition) is 1. The highest BCUT2D eigenvalue weighted by atomic mass is 79.9. The molecule has 0 bridgehead atoms. The molecule has 17 heavy (non-hydrogen) atoms. The van der Waals surface area contributed by atoms with E-state index in [-0.39, 0.29) is 11.5 Å². The van der Waals surface area contributed by atoms with Crippen LogP contribution in [0.5, 0.6) is 5.75 Å². The van der Waals surface area contributed by atoms with Crippen molar-refractivity contribution in [3.63, 3.8) is 0 Å². The van der Waals surface area contributed by atoms with Gasteiger partial charge in [-0.1, -0.05) is 22.0 Å². The SMILES string of the molecule is COc1c(C)cc(C)c(Br)c1C1(C(C)N)CC1. The Morgan fingerprint density at radius 3 is 2.35 bits per heavy atom. The summed E-state index contributed by atoms with van der Waals surface area (Å²) in [5.74, 6) is 0.997. The Balaban J connectivity index is 2.67. The van der Waals surface area contributed by atoms with Crippen molar-refractivity contribution in [1.29, 1.82) is 0 Å². The van der Waals surface area contributed by atoms with Crippen molar-refractivity contribution in [2.24, 2.45) is 5.73 Å². The minimum absolute atomic E-state index is 0.112. The second-order valence-electron chi connectivity index (χ2n) is 5.18. The normalized spacial score (nSPS) is 18.9. The van der Waals surface area contributed by atoms with E-state index in [1.54, 1.807) is 7.11 Å². The Morgan fingerprint density at radius 1 is 1.35 bits per heavy atom. The smallest absolute Gasteiger partial charge is 0.126 e. The predicted molar refractivity (Wildman–Crippen MR) is 74.7 cm³/mol. The number of benzene rings is 1. The summed E-state index contributed by atoms with van der Waals surface area (Å²) in [5, 5.41) is 0. The van der Waals surface area contributed by atoms with Gasteiger partial charge >= 0.3 is 0 Å². The molecule has 1 saturated carbocycles. The first kappa shape index (κ1) is 12.9. The van der Waals surface area contributed by atoms with E-state index in [9.17, 15) is 0 Å². The molecule has 1 aliphatic carbocycles. The van der Waals surface area contributed by atoms with Crippen molar-refractivity contribution in [1.82, 2.24) is 0 Å². The molecule has 1 aromatic carbocycles. The molecule has 2 rings (SSSR count). The van der Waals surface area contributed by atoms with Gasteiger partial charge in [-0.05, 0) is 44.7 Å². The van der Waals surface area contributed by atoms with Crippen molar-refractivity contribution in [2.75, 3.05) is 7.11 Å². The van der Waals surface area contributed by atoms with Gasteiger partial charge in [0.1, 0.15) is 5.75 Å². The van der Waals surface area contributed by atoms with Crippen LogP contribution in [0.3, 0.4) is 0 Å². The summed E-state index contributed by atoms with van der Waals surface area (Å²) >= 11 is 3.71. The van der Waals surface area contributed by atoms with Gasteiger partial charge < -0.3 is 10.5 Å². The first-order valence-corrected chi connectivity index (χ1v) is 6.83. The molecular weight excluding hydrogens is 278 g/mol. The van der Waals surface area contributed by atoms with Crippen LogP contribution in [0.4, 0.5) is 0 Å². The van der Waals surface area contributed by atoms with E-state index in [4.69, 9.17) is 10.5 Å². The quantitative estimate of drug-likeness (QED) is 0.927. The van der Waals surface area contributed by atoms with Crippen molar-refractivity contribution in [3.8, 4) is 5.75 Å². The van der Waals surface area contributed by atoms with Crippen molar-refractivity contribution >= 4 is 15.9 Å². The summed E-state index contributed by atoms with van der Waals surface area (Å²) in [6.45, 7) is 6.31. The summed E-state index contributed by atoms with van der Waals surface area (Å²) in [7, 11) is 1.74. The van der Waals surface area contributed by atoms with Gasteiger partial charge in [-0.25, -0.2) is 0 Å². The number of methoxy groups -OCH3 is 1. The zero-order valence-electron chi connectivity index (χ0n) is 10.9. The zero-order chi connectivity index (χ0) is 12.8. The van der Waals surface area contributed by atoms with Gasteiger partial charge in [-0.15, -0.1) is 0 Å². The largest absolute Gasteiger partial charge is 0.496 e. The Bertz CT molecular complexity index is 450. The standard InChI is InChI=1S/C14H20BrNO/c1-8-7-9(2)13(17-4)11(12(8)15)14(5-6-14)10(3)16/h7,10H,5-6,16H2,1-4H3. The third-order valence-corrected chi connectivity index (χ3v) is 4.97. The lowest BCUT2D eigenvalue weighted by atomic mass is 9.86. The average molecular weight is 298 g/mol. The summed E-state index contributed by atoms with van der Waals surface area (Å²) in [6.07, 6.45) is 2.31. The molecule has 0 aromatic heterocycles. The molecule has 0 spiro atoms. The van der Waals surface area contributed by atoms with Crippen LogP contribution >= 0.6 is 15.9 Å². The second kappa shape index (κ2) is 4.29. The Hall–Kier alpha value is -0.540. The average Bonchev–Trinajstić information content (AvgIpc) is 3.04. The van der Waals surface area contributed by atoms with Crippen LogP contribution in [0.25, 0.3) is 0 Å². The van der Waals surface area contributed by atoms with E-state index in [1.165, 1.54) is 16.7 Å². The Kier molecular flexibility index (Phi) is 3.25. The minimum atomic E-state index is 0.112. The molecule has 0 radical (unpaired) electrons. The first-order chi connectivity index (χ1) is 7.94. The van der Waals surface area contributed by atoms with Gasteiger partial charge in [-0.3, -0.25) is 0 Å². The van der Waals surface area contributed by atoms with Crippen molar-refractivity contribution in [3.05, 3.63) is 27.2 Å². The molecule has 0 amide bonds. The maximum absolute atomic E-state index is 6.18. The summed E-state index contributed by atoms with van der Waals surface area (Å²) < 4.78 is 6.76. The fourth-order valence-corrected chi connectivity index (χ4v) is 3.41. The molecule has 94 valence electrons. The first-order valence-electron chi connectivity index (χ1n) is 6.04. The molecular formula is C14H20BrNO. The molecule has 1 fully saturated rings. The lowest BCUT2D eigenvalue weighted by molar-refractivity contribution is 0.394. The fourth-order valence-electron chi connectivity index (χ4n) is 2.72. The fraction of sp³-hybridized carbons (Fsp3) is 0.571. The van der Waals surface area contributed by atoms with E-state index in [0.29, 0.717) is 0 Å². The van der Waals surface area contributed by atoms with Crippen LogP contribution in [-0.2, 0) is 5.41 Å². The molecule has 2 N–H and O–H groups in total.